The summed E-state index contributed by atoms with van der Waals surface area (Å²) < 4.78 is 7.26. The molecule has 0 aliphatic rings. The van der Waals surface area contributed by atoms with Gasteiger partial charge in [0.25, 0.3) is 0 Å². The van der Waals surface area contributed by atoms with Gasteiger partial charge in [0.2, 0.25) is 0 Å². The average Bonchev–Trinajstić information content (AvgIpc) is 2.80. The molecule has 0 aliphatic carbocycles. The number of halogens is 2. The number of nitrogen functional groups attached to an aromatic ring is 1. The van der Waals surface area contributed by atoms with Gasteiger partial charge in [-0.25, -0.2) is 0 Å². The molecule has 0 saturated carbocycles. The molecule has 0 radical (unpaired) electrons. The van der Waals surface area contributed by atoms with Gasteiger partial charge >= 0.3 is 0 Å². The van der Waals surface area contributed by atoms with Crippen molar-refractivity contribution < 1.29 is 4.52 Å². The lowest BCUT2D eigenvalue weighted by Gasteiger charge is -2.03. The van der Waals surface area contributed by atoms with Crippen LogP contribution >= 0.6 is 31.9 Å². The third-order valence-corrected chi connectivity index (χ3v) is 3.68. The van der Waals surface area contributed by atoms with Crippen molar-refractivity contribution in [1.29, 1.82) is 0 Å². The Bertz CT molecular complexity index is 736. The van der Waals surface area contributed by atoms with Crippen LogP contribution in [0.15, 0.2) is 56.1 Å². The van der Waals surface area contributed by atoms with Crippen molar-refractivity contribution in [2.45, 2.75) is 0 Å². The Kier molecular flexibility index (Phi) is 3.58. The fourth-order valence-electron chi connectivity index (χ4n) is 1.94. The van der Waals surface area contributed by atoms with Gasteiger partial charge in [0.1, 0.15) is 0 Å². The van der Waals surface area contributed by atoms with Crippen LogP contribution in [0.2, 0.25) is 0 Å². The Morgan fingerprint density at radius 2 is 1.80 bits per heavy atom. The summed E-state index contributed by atoms with van der Waals surface area (Å²) in [5, 5.41) is 3.86. The molecule has 0 amide bonds. The summed E-state index contributed by atoms with van der Waals surface area (Å²) in [6.07, 6.45) is 1.71. The zero-order valence-corrected chi connectivity index (χ0v) is 13.3. The van der Waals surface area contributed by atoms with Crippen LogP contribution in [0.1, 0.15) is 0 Å². The minimum absolute atomic E-state index is 0.329. The second kappa shape index (κ2) is 5.38. The number of nitrogens with two attached hydrogens (primary N) is 1. The fraction of sp³-hybridized carbons (Fsp3) is 0. The second-order valence-electron chi connectivity index (χ2n) is 4.15. The Morgan fingerprint density at radius 1 is 1.05 bits per heavy atom. The van der Waals surface area contributed by atoms with Gasteiger partial charge in [0.05, 0.1) is 11.3 Å². The number of aromatic nitrogens is 2. The third kappa shape index (κ3) is 2.48. The van der Waals surface area contributed by atoms with E-state index in [0.717, 1.165) is 20.2 Å². The average molecular weight is 395 g/mol. The van der Waals surface area contributed by atoms with Crippen molar-refractivity contribution in [1.82, 2.24) is 10.1 Å². The molecule has 3 aromatic rings. The molecular weight excluding hydrogens is 386 g/mol. The normalized spacial score (nSPS) is 10.7. The zero-order chi connectivity index (χ0) is 14.1. The van der Waals surface area contributed by atoms with Crippen molar-refractivity contribution in [2.24, 2.45) is 0 Å². The number of anilines is 1. The molecule has 0 unspecified atom stereocenters. The maximum absolute atomic E-state index is 5.92. The topological polar surface area (TPSA) is 64.9 Å². The molecule has 4 nitrogen and oxygen atoms in total. The van der Waals surface area contributed by atoms with E-state index in [2.05, 4.69) is 42.0 Å². The van der Waals surface area contributed by atoms with E-state index in [0.29, 0.717) is 17.1 Å². The van der Waals surface area contributed by atoms with Gasteiger partial charge in [-0.3, -0.25) is 4.98 Å². The molecule has 2 aromatic heterocycles. The van der Waals surface area contributed by atoms with Crippen molar-refractivity contribution in [3.05, 3.63) is 51.5 Å². The van der Waals surface area contributed by atoms with Gasteiger partial charge in [-0.15, -0.1) is 0 Å². The van der Waals surface area contributed by atoms with Gasteiger partial charge in [-0.2, -0.15) is 0 Å². The molecule has 0 spiro atoms. The molecule has 3 rings (SSSR count). The van der Waals surface area contributed by atoms with E-state index in [9.17, 15) is 0 Å². The monoisotopic (exact) mass is 393 g/mol. The molecule has 0 aliphatic heterocycles. The lowest BCUT2D eigenvalue weighted by Crippen LogP contribution is -1.90. The highest BCUT2D eigenvalue weighted by atomic mass is 79.9. The first-order valence-corrected chi connectivity index (χ1v) is 7.37. The molecule has 1 aromatic carbocycles. The highest BCUT2D eigenvalue weighted by molar-refractivity contribution is 9.11. The summed E-state index contributed by atoms with van der Waals surface area (Å²) in [6.45, 7) is 0. The number of nitrogens with zero attached hydrogens (tertiary/aromatic N) is 2. The summed E-state index contributed by atoms with van der Waals surface area (Å²) in [5.41, 5.74) is 8.23. The largest absolute Gasteiger partial charge is 0.380 e. The maximum atomic E-state index is 5.92. The van der Waals surface area contributed by atoms with Crippen LogP contribution in [-0.2, 0) is 0 Å². The molecule has 0 saturated heterocycles. The molecule has 20 heavy (non-hydrogen) atoms. The van der Waals surface area contributed by atoms with Crippen LogP contribution in [0.5, 0.6) is 0 Å². The smallest absolute Gasteiger partial charge is 0.178 e. The molecule has 0 bridgehead atoms. The number of rotatable bonds is 2. The van der Waals surface area contributed by atoms with Crippen LogP contribution < -0.4 is 5.73 Å². The number of hydrogen-bond donors (Lipinski definition) is 1. The summed E-state index contributed by atoms with van der Waals surface area (Å²) in [7, 11) is 0. The summed E-state index contributed by atoms with van der Waals surface area (Å²) in [6, 6.07) is 11.5. The van der Waals surface area contributed by atoms with E-state index in [4.69, 9.17) is 10.3 Å². The van der Waals surface area contributed by atoms with E-state index in [-0.39, 0.29) is 0 Å². The van der Waals surface area contributed by atoms with Crippen molar-refractivity contribution >= 4 is 37.7 Å². The van der Waals surface area contributed by atoms with Gasteiger partial charge in [-0.1, -0.05) is 43.1 Å². The quantitative estimate of drug-likeness (QED) is 0.694. The van der Waals surface area contributed by atoms with Gasteiger partial charge in [-0.05, 0) is 30.3 Å². The van der Waals surface area contributed by atoms with Gasteiger partial charge in [0, 0.05) is 20.7 Å². The maximum Gasteiger partial charge on any atom is 0.178 e. The first kappa shape index (κ1) is 13.3. The van der Waals surface area contributed by atoms with Crippen molar-refractivity contribution in [3.63, 3.8) is 0 Å². The Morgan fingerprint density at radius 3 is 2.45 bits per heavy atom. The van der Waals surface area contributed by atoms with Crippen molar-refractivity contribution in [2.75, 3.05) is 5.73 Å². The highest BCUT2D eigenvalue weighted by Crippen LogP contribution is 2.37. The summed E-state index contributed by atoms with van der Waals surface area (Å²) in [5.74, 6) is 0.929. The third-order valence-electron chi connectivity index (χ3n) is 2.76. The van der Waals surface area contributed by atoms with Crippen LogP contribution in [0.25, 0.3) is 22.6 Å². The SMILES string of the molecule is Nc1noc(-c2cc(Br)cc(Br)c2)c1-c1ccccn1. The first-order chi connectivity index (χ1) is 9.65. The van der Waals surface area contributed by atoms with E-state index in [1.165, 1.54) is 0 Å². The Labute approximate surface area is 132 Å². The summed E-state index contributed by atoms with van der Waals surface area (Å²) >= 11 is 6.92. The fourth-order valence-corrected chi connectivity index (χ4v) is 3.24. The lowest BCUT2D eigenvalue weighted by molar-refractivity contribution is 0.436. The number of hydrogen-bond acceptors (Lipinski definition) is 4. The predicted octanol–water partition coefficient (Wildman–Crippen LogP) is 4.51. The second-order valence-corrected chi connectivity index (χ2v) is 5.98. The minimum atomic E-state index is 0.329. The zero-order valence-electron chi connectivity index (χ0n) is 10.2. The molecule has 2 N–H and O–H groups in total. The standard InChI is InChI=1S/C14H9Br2N3O/c15-9-5-8(6-10(16)7-9)13-12(14(17)19-20-13)11-3-1-2-4-18-11/h1-7H,(H2,17,19). The van der Waals surface area contributed by atoms with E-state index in [1.54, 1.807) is 6.20 Å². The number of pyridine rings is 1. The van der Waals surface area contributed by atoms with Crippen LogP contribution in [-0.4, -0.2) is 10.1 Å². The van der Waals surface area contributed by atoms with Gasteiger partial charge in [0.15, 0.2) is 11.6 Å². The number of benzene rings is 1. The van der Waals surface area contributed by atoms with E-state index >= 15 is 0 Å². The summed E-state index contributed by atoms with van der Waals surface area (Å²) in [4.78, 5) is 4.31. The predicted molar refractivity (Wildman–Crippen MR) is 85.0 cm³/mol. The van der Waals surface area contributed by atoms with Crippen LogP contribution in [0, 0.1) is 0 Å². The van der Waals surface area contributed by atoms with E-state index in [1.807, 2.05) is 36.4 Å². The Balaban J connectivity index is 2.21. The first-order valence-electron chi connectivity index (χ1n) is 5.78. The van der Waals surface area contributed by atoms with Crippen molar-refractivity contribution in [3.8, 4) is 22.6 Å². The minimum Gasteiger partial charge on any atom is -0.380 e. The lowest BCUT2D eigenvalue weighted by atomic mass is 10.1. The highest BCUT2D eigenvalue weighted by Gasteiger charge is 2.19. The molecule has 6 heteroatoms. The molecule has 0 fully saturated rings. The van der Waals surface area contributed by atoms with E-state index < -0.39 is 0 Å². The molecular formula is C14H9Br2N3O. The van der Waals surface area contributed by atoms with Gasteiger partial charge < -0.3 is 10.3 Å². The molecule has 0 atom stereocenters. The molecule has 100 valence electrons. The van der Waals surface area contributed by atoms with Crippen LogP contribution in [0.3, 0.4) is 0 Å². The Hall–Kier alpha value is -1.66. The molecule has 2 heterocycles. The van der Waals surface area contributed by atoms with Crippen LogP contribution in [0.4, 0.5) is 5.82 Å².